The molecule has 0 amide bonds. The highest BCUT2D eigenvalue weighted by atomic mass is 14.0. The van der Waals surface area contributed by atoms with Crippen LogP contribution in [0.15, 0.2) is 0 Å². The topological polar surface area (TPSA) is 770 Å². The largest absolute Gasteiger partial charge is 0.344 e. The molecule has 0 saturated heterocycles. The van der Waals surface area contributed by atoms with Gasteiger partial charge in [0, 0.05) is 0 Å². The monoisotopic (exact) mass is 375 g/mol. The van der Waals surface area contributed by atoms with E-state index >= 15 is 0 Å². The zero-order valence-corrected chi connectivity index (χ0v) is 15.6. The van der Waals surface area contributed by atoms with Gasteiger partial charge in [-0.1, -0.05) is 0 Å². The molecule has 0 bridgehead atoms. The molecule has 176 valence electrons. The Kier molecular flexibility index (Phi) is 4770000. The molecule has 22 nitrogen and oxygen atoms in total. The van der Waals surface area contributed by atoms with E-state index in [0.717, 1.165) is 0 Å². The molecule has 22 heavy (non-hydrogen) atoms. The molecule has 0 fully saturated rings. The van der Waals surface area contributed by atoms with E-state index < -0.39 is 0 Å². The van der Waals surface area contributed by atoms with Crippen LogP contribution in [0.1, 0.15) is 0 Å². The first-order valence-electron chi connectivity index (χ1n) is 0. The molecule has 0 rings (SSSR count). The molecule has 0 aromatic rings. The van der Waals surface area contributed by atoms with Crippen molar-refractivity contribution in [3.63, 3.8) is 0 Å². The average Bonchev–Trinajstić information content (AvgIpc) is 0. The quantitative estimate of drug-likeness (QED) is 0.287. The highest BCUT2D eigenvalue weighted by molar-refractivity contribution is 2.15. The van der Waals surface area contributed by atoms with Gasteiger partial charge in [-0.15, -0.1) is 0 Å². The third-order valence-corrected chi connectivity index (χ3v) is 0. The van der Waals surface area contributed by atoms with E-state index in [1.54, 1.807) is 0 Å². The maximum Gasteiger partial charge on any atom is -0.344 e. The molecule has 0 aromatic carbocycles. The molecule has 0 saturated carbocycles. The summed E-state index contributed by atoms with van der Waals surface area (Å²) in [6.07, 6.45) is 0. The second-order valence-corrected chi connectivity index (χ2v) is 0. The van der Waals surface area contributed by atoms with E-state index in [2.05, 4.69) is 0 Å². The molecule has 66 N–H and O–H groups in total. The van der Waals surface area contributed by atoms with Crippen molar-refractivity contribution in [1.82, 2.24) is 135 Å². The van der Waals surface area contributed by atoms with Crippen molar-refractivity contribution in [3.05, 3.63) is 0 Å². The summed E-state index contributed by atoms with van der Waals surface area (Å²) in [5.74, 6) is 0. The van der Waals surface area contributed by atoms with Crippen LogP contribution < -0.4 is 135 Å². The zero-order valence-electron chi connectivity index (χ0n) is 15.6. The van der Waals surface area contributed by atoms with Gasteiger partial charge in [0.25, 0.3) is 0 Å². The first-order valence-corrected chi connectivity index (χ1v) is 0. The minimum absolute atomic E-state index is 0. The second kappa shape index (κ2) is 9500. The lowest BCUT2D eigenvalue weighted by atomic mass is 14.0. The predicted molar refractivity (Wildman–Crippen MR) is 110 cm³/mol. The van der Waals surface area contributed by atoms with Gasteiger partial charge in [-0.3, -0.25) is 0 Å². The van der Waals surface area contributed by atoms with Crippen LogP contribution in [-0.4, -0.2) is 0 Å². The highest BCUT2D eigenvalue weighted by Gasteiger charge is -0.323. The summed E-state index contributed by atoms with van der Waals surface area (Å²) >= 11 is 0. The normalized spacial score (nSPS) is 0. The Morgan fingerprint density at radius 1 is 0.0455 bits per heavy atom. The van der Waals surface area contributed by atoms with Crippen LogP contribution in [-0.2, 0) is 0 Å². The maximum atomic E-state index is 0. The fourth-order valence-electron chi connectivity index (χ4n) is 0. The van der Waals surface area contributed by atoms with Crippen molar-refractivity contribution >= 4 is 0 Å². The number of hydrogen-bond donors (Lipinski definition) is 22. The third kappa shape index (κ3) is 8110. The van der Waals surface area contributed by atoms with E-state index in [0.29, 0.717) is 0 Å². The predicted octanol–water partition coefficient (Wildman–Crippen LogP) is 3.56. The number of hydrogen-bond acceptors (Lipinski definition) is 22. The first kappa shape index (κ1) is 11000. The summed E-state index contributed by atoms with van der Waals surface area (Å²) < 4.78 is 0. The minimum atomic E-state index is 0. The molecule has 0 aromatic heterocycles. The molecule has 0 aliphatic carbocycles. The van der Waals surface area contributed by atoms with Crippen LogP contribution in [0.3, 0.4) is 0 Å². The summed E-state index contributed by atoms with van der Waals surface area (Å²) in [5, 5.41) is 0. The number of rotatable bonds is 0. The van der Waals surface area contributed by atoms with Crippen molar-refractivity contribution in [2.45, 2.75) is 0 Å². The van der Waals surface area contributed by atoms with E-state index in [4.69, 9.17) is 0 Å². The molecule has 0 aliphatic heterocycles. The van der Waals surface area contributed by atoms with Gasteiger partial charge in [0.1, 0.15) is 0 Å². The van der Waals surface area contributed by atoms with Gasteiger partial charge >= 0.3 is 0 Å². The van der Waals surface area contributed by atoms with Crippen molar-refractivity contribution in [3.8, 4) is 0 Å². The van der Waals surface area contributed by atoms with Gasteiger partial charge in [0.2, 0.25) is 0 Å². The Labute approximate surface area is 136 Å². The SMILES string of the molecule is N.N.N.N.N.N.N.N.N.N.N.N.N.N.N.N.N.N.N.N.N.N. The summed E-state index contributed by atoms with van der Waals surface area (Å²) in [5.41, 5.74) is 0. The van der Waals surface area contributed by atoms with Crippen molar-refractivity contribution < 1.29 is 0 Å². The summed E-state index contributed by atoms with van der Waals surface area (Å²) in [4.78, 5) is 0. The molecular formula is H66N22. The van der Waals surface area contributed by atoms with Gasteiger partial charge < -0.3 is 135 Å². The Bertz CT molecular complexity index is 0. The molecule has 0 unspecified atom stereocenters. The molecule has 0 heterocycles. The second-order valence-electron chi connectivity index (χ2n) is 0. The summed E-state index contributed by atoms with van der Waals surface area (Å²) in [6.45, 7) is 0. The van der Waals surface area contributed by atoms with Gasteiger partial charge in [0.15, 0.2) is 0 Å². The third-order valence-electron chi connectivity index (χ3n) is 0. The smallest absolute Gasteiger partial charge is 0.344 e. The van der Waals surface area contributed by atoms with E-state index in [9.17, 15) is 0 Å². The Morgan fingerprint density at radius 2 is 0.0455 bits per heavy atom. The fourth-order valence-corrected chi connectivity index (χ4v) is 0. The van der Waals surface area contributed by atoms with E-state index in [1.165, 1.54) is 0 Å². The van der Waals surface area contributed by atoms with E-state index in [-0.39, 0.29) is 135 Å². The van der Waals surface area contributed by atoms with Crippen LogP contribution in [0.2, 0.25) is 0 Å². The van der Waals surface area contributed by atoms with Crippen LogP contribution in [0.5, 0.6) is 0 Å². The van der Waals surface area contributed by atoms with Crippen LogP contribution >= 0.6 is 0 Å². The van der Waals surface area contributed by atoms with Crippen molar-refractivity contribution in [1.29, 1.82) is 0 Å². The molecule has 0 aliphatic rings. The molecular weight excluding hydrogens is 308 g/mol. The average molecular weight is 375 g/mol. The van der Waals surface area contributed by atoms with E-state index in [1.807, 2.05) is 0 Å². The zero-order chi connectivity index (χ0) is 0. The molecule has 0 spiro atoms. The Hall–Kier alpha value is -0.880. The lowest BCUT2D eigenvalue weighted by molar-refractivity contribution is 2.13. The van der Waals surface area contributed by atoms with Gasteiger partial charge in [-0.25, -0.2) is 0 Å². The molecule has 22 heteroatoms. The maximum absolute atomic E-state index is 0. The fraction of sp³-hybridized carbons (Fsp3) is 0. The van der Waals surface area contributed by atoms with Gasteiger partial charge in [-0.05, 0) is 0 Å². The van der Waals surface area contributed by atoms with Gasteiger partial charge in [0.05, 0.1) is 0 Å². The van der Waals surface area contributed by atoms with Crippen molar-refractivity contribution in [2.75, 3.05) is 0 Å². The summed E-state index contributed by atoms with van der Waals surface area (Å²) in [6, 6.07) is 0. The van der Waals surface area contributed by atoms with Gasteiger partial charge in [-0.2, -0.15) is 0 Å². The summed E-state index contributed by atoms with van der Waals surface area (Å²) in [7, 11) is 0. The molecule has 0 atom stereocenters. The minimum Gasteiger partial charge on any atom is -0.344 e. The Morgan fingerprint density at radius 3 is 0.0455 bits per heavy atom. The van der Waals surface area contributed by atoms with Crippen molar-refractivity contribution in [2.24, 2.45) is 0 Å². The first-order chi connectivity index (χ1) is 0. The van der Waals surface area contributed by atoms with Crippen LogP contribution in [0.25, 0.3) is 0 Å². The standard InChI is InChI=1S/22H3N/h22*1H3. The van der Waals surface area contributed by atoms with Crippen LogP contribution in [0, 0.1) is 0 Å². The Balaban J connectivity index is 0. The lowest BCUT2D eigenvalue weighted by Crippen LogP contribution is -0.482. The molecule has 0 radical (unpaired) electrons. The van der Waals surface area contributed by atoms with Crippen LogP contribution in [0.4, 0.5) is 0 Å². The highest BCUT2D eigenvalue weighted by Crippen LogP contribution is -0.460. The lowest BCUT2D eigenvalue weighted by Gasteiger charge is -0.345.